The fraction of sp³-hybridized carbons (Fsp3) is 0.929. The Hall–Kier alpha value is -0.570. The predicted octanol–water partition coefficient (Wildman–Crippen LogP) is 3.27. The van der Waals surface area contributed by atoms with Crippen molar-refractivity contribution in [1.29, 1.82) is 0 Å². The average Bonchev–Trinajstić information content (AvgIpc) is 2.28. The lowest BCUT2D eigenvalue weighted by molar-refractivity contribution is -0.161. The molecule has 0 radical (unpaired) electrons. The molecular formula is C14H28O3. The molecule has 0 fully saturated rings. The smallest absolute Gasteiger partial charge is 0.314 e. The van der Waals surface area contributed by atoms with Gasteiger partial charge in [0.1, 0.15) is 0 Å². The molecule has 0 N–H and O–H groups in total. The second-order valence-corrected chi connectivity index (χ2v) is 5.37. The molecule has 0 heterocycles. The lowest BCUT2D eigenvalue weighted by atomic mass is 9.73. The Morgan fingerprint density at radius 3 is 2.18 bits per heavy atom. The summed E-state index contributed by atoms with van der Waals surface area (Å²) in [5.41, 5.74) is -0.491. The van der Waals surface area contributed by atoms with Crippen molar-refractivity contribution in [3.05, 3.63) is 0 Å². The topological polar surface area (TPSA) is 35.5 Å². The molecule has 0 aromatic heterocycles. The molecule has 0 saturated heterocycles. The minimum absolute atomic E-state index is 0.137. The Labute approximate surface area is 106 Å². The molecular weight excluding hydrogens is 216 g/mol. The summed E-state index contributed by atoms with van der Waals surface area (Å²) in [7, 11) is 1.46. The van der Waals surface area contributed by atoms with Crippen molar-refractivity contribution in [1.82, 2.24) is 0 Å². The zero-order valence-electron chi connectivity index (χ0n) is 12.2. The van der Waals surface area contributed by atoms with Crippen LogP contribution < -0.4 is 0 Å². The minimum Gasteiger partial charge on any atom is -0.469 e. The van der Waals surface area contributed by atoms with Crippen LogP contribution in [0.5, 0.6) is 0 Å². The van der Waals surface area contributed by atoms with E-state index in [1.165, 1.54) is 7.11 Å². The summed E-state index contributed by atoms with van der Waals surface area (Å²) < 4.78 is 10.5. The van der Waals surface area contributed by atoms with Crippen LogP contribution in [0.2, 0.25) is 0 Å². The van der Waals surface area contributed by atoms with Gasteiger partial charge in [0.05, 0.1) is 19.1 Å². The zero-order valence-corrected chi connectivity index (χ0v) is 12.2. The summed E-state index contributed by atoms with van der Waals surface area (Å²) in [5.74, 6) is 0.668. The predicted molar refractivity (Wildman–Crippen MR) is 69.9 cm³/mol. The molecule has 0 spiro atoms. The molecule has 102 valence electrons. The van der Waals surface area contributed by atoms with Crippen LogP contribution in [0, 0.1) is 17.3 Å². The molecule has 3 nitrogen and oxygen atoms in total. The first-order chi connectivity index (χ1) is 7.90. The summed E-state index contributed by atoms with van der Waals surface area (Å²) in [5, 5.41) is 0. The summed E-state index contributed by atoms with van der Waals surface area (Å²) in [4.78, 5) is 12.1. The minimum atomic E-state index is -0.491. The summed E-state index contributed by atoms with van der Waals surface area (Å²) in [6, 6.07) is 0. The SMILES string of the molecule is CCOCC(CCC(C)C)(C(=O)OC)C(C)C. The van der Waals surface area contributed by atoms with Crippen LogP contribution in [0.4, 0.5) is 0 Å². The summed E-state index contributed by atoms with van der Waals surface area (Å²) >= 11 is 0. The fourth-order valence-corrected chi connectivity index (χ4v) is 1.96. The van der Waals surface area contributed by atoms with Gasteiger partial charge in [0.2, 0.25) is 0 Å². The standard InChI is InChI=1S/C14H28O3/c1-7-17-10-14(12(4)5,13(15)16-6)9-8-11(2)3/h11-12H,7-10H2,1-6H3. The number of esters is 1. The number of ether oxygens (including phenoxy) is 2. The maximum absolute atomic E-state index is 12.1. The molecule has 3 heteroatoms. The third-order valence-electron chi connectivity index (χ3n) is 3.43. The Morgan fingerprint density at radius 2 is 1.82 bits per heavy atom. The average molecular weight is 244 g/mol. The molecule has 1 unspecified atom stereocenters. The van der Waals surface area contributed by atoms with Crippen LogP contribution in [0.15, 0.2) is 0 Å². The number of methoxy groups -OCH3 is 1. The first-order valence-corrected chi connectivity index (χ1v) is 6.56. The lowest BCUT2D eigenvalue weighted by Crippen LogP contribution is -2.42. The lowest BCUT2D eigenvalue weighted by Gasteiger charge is -2.35. The van der Waals surface area contributed by atoms with Gasteiger partial charge in [0.15, 0.2) is 0 Å². The van der Waals surface area contributed by atoms with Crippen molar-refractivity contribution in [2.75, 3.05) is 20.3 Å². The van der Waals surface area contributed by atoms with Crippen LogP contribution in [0.1, 0.15) is 47.5 Å². The number of carbonyl (C=O) groups excluding carboxylic acids is 1. The molecule has 0 aromatic rings. The van der Waals surface area contributed by atoms with Gasteiger partial charge in [0, 0.05) is 6.61 Å². The van der Waals surface area contributed by atoms with Crippen LogP contribution in [0.25, 0.3) is 0 Å². The zero-order chi connectivity index (χ0) is 13.5. The number of hydrogen-bond acceptors (Lipinski definition) is 3. The number of carbonyl (C=O) groups is 1. The van der Waals surface area contributed by atoms with E-state index in [0.29, 0.717) is 19.1 Å². The van der Waals surface area contributed by atoms with Crippen molar-refractivity contribution in [2.45, 2.75) is 47.5 Å². The van der Waals surface area contributed by atoms with Crippen LogP contribution >= 0.6 is 0 Å². The van der Waals surface area contributed by atoms with Crippen LogP contribution in [0.3, 0.4) is 0 Å². The number of hydrogen-bond donors (Lipinski definition) is 0. The maximum Gasteiger partial charge on any atom is 0.314 e. The van der Waals surface area contributed by atoms with Crippen LogP contribution in [-0.2, 0) is 14.3 Å². The second-order valence-electron chi connectivity index (χ2n) is 5.37. The van der Waals surface area contributed by atoms with Gasteiger partial charge in [-0.1, -0.05) is 27.7 Å². The van der Waals surface area contributed by atoms with E-state index in [2.05, 4.69) is 27.7 Å². The van der Waals surface area contributed by atoms with Crippen molar-refractivity contribution in [2.24, 2.45) is 17.3 Å². The molecule has 0 aliphatic heterocycles. The van der Waals surface area contributed by atoms with E-state index in [9.17, 15) is 4.79 Å². The highest BCUT2D eigenvalue weighted by Gasteiger charge is 2.42. The van der Waals surface area contributed by atoms with Gasteiger partial charge in [-0.3, -0.25) is 4.79 Å². The third kappa shape index (κ3) is 4.66. The van der Waals surface area contributed by atoms with E-state index < -0.39 is 5.41 Å². The van der Waals surface area contributed by atoms with Crippen molar-refractivity contribution < 1.29 is 14.3 Å². The highest BCUT2D eigenvalue weighted by Crippen LogP contribution is 2.36. The van der Waals surface area contributed by atoms with Crippen molar-refractivity contribution in [3.63, 3.8) is 0 Å². The van der Waals surface area contributed by atoms with Gasteiger partial charge in [-0.2, -0.15) is 0 Å². The van der Waals surface area contributed by atoms with E-state index in [4.69, 9.17) is 9.47 Å². The second kappa shape index (κ2) is 7.70. The largest absolute Gasteiger partial charge is 0.469 e. The normalized spacial score (nSPS) is 15.1. The van der Waals surface area contributed by atoms with Crippen molar-refractivity contribution in [3.8, 4) is 0 Å². The van der Waals surface area contributed by atoms with Crippen LogP contribution in [-0.4, -0.2) is 26.3 Å². The van der Waals surface area contributed by atoms with Gasteiger partial charge < -0.3 is 9.47 Å². The number of rotatable bonds is 8. The molecule has 0 rings (SSSR count). The molecule has 0 aliphatic carbocycles. The highest BCUT2D eigenvalue weighted by atomic mass is 16.5. The molecule has 0 aliphatic rings. The quantitative estimate of drug-likeness (QED) is 0.615. The monoisotopic (exact) mass is 244 g/mol. The molecule has 0 saturated carbocycles. The molecule has 0 amide bonds. The van der Waals surface area contributed by atoms with E-state index in [-0.39, 0.29) is 11.9 Å². The Kier molecular flexibility index (Phi) is 7.44. The highest BCUT2D eigenvalue weighted by molar-refractivity contribution is 5.77. The van der Waals surface area contributed by atoms with Gasteiger partial charge in [0.25, 0.3) is 0 Å². The van der Waals surface area contributed by atoms with Gasteiger partial charge in [-0.15, -0.1) is 0 Å². The van der Waals surface area contributed by atoms with Gasteiger partial charge in [-0.05, 0) is 31.6 Å². The first-order valence-electron chi connectivity index (χ1n) is 6.56. The van der Waals surface area contributed by atoms with Gasteiger partial charge >= 0.3 is 5.97 Å². The maximum atomic E-state index is 12.1. The van der Waals surface area contributed by atoms with E-state index in [1.807, 2.05) is 6.92 Å². The Morgan fingerprint density at radius 1 is 1.24 bits per heavy atom. The Balaban J connectivity index is 4.88. The summed E-state index contributed by atoms with van der Waals surface area (Å²) in [6.07, 6.45) is 1.84. The van der Waals surface area contributed by atoms with E-state index >= 15 is 0 Å². The van der Waals surface area contributed by atoms with Crippen molar-refractivity contribution >= 4 is 5.97 Å². The van der Waals surface area contributed by atoms with E-state index in [1.54, 1.807) is 0 Å². The fourth-order valence-electron chi connectivity index (χ4n) is 1.96. The Bertz CT molecular complexity index is 224. The van der Waals surface area contributed by atoms with Gasteiger partial charge in [-0.25, -0.2) is 0 Å². The molecule has 0 aromatic carbocycles. The molecule has 0 bridgehead atoms. The molecule has 1 atom stereocenters. The van der Waals surface area contributed by atoms with E-state index in [0.717, 1.165) is 12.8 Å². The summed E-state index contributed by atoms with van der Waals surface area (Å²) in [6.45, 7) is 11.5. The third-order valence-corrected chi connectivity index (χ3v) is 3.43. The first kappa shape index (κ1) is 16.4. The molecule has 17 heavy (non-hydrogen) atoms.